The van der Waals surface area contributed by atoms with Crippen LogP contribution >= 0.6 is 0 Å². The van der Waals surface area contributed by atoms with Crippen LogP contribution in [0.5, 0.6) is 5.75 Å². The van der Waals surface area contributed by atoms with Gasteiger partial charge in [0, 0.05) is 18.2 Å². The summed E-state index contributed by atoms with van der Waals surface area (Å²) in [6.45, 7) is 4.97. The van der Waals surface area contributed by atoms with Gasteiger partial charge in [0.2, 0.25) is 5.91 Å². The summed E-state index contributed by atoms with van der Waals surface area (Å²) in [6, 6.07) is 18.2. The highest BCUT2D eigenvalue weighted by Gasteiger charge is 2.05. The van der Waals surface area contributed by atoms with Gasteiger partial charge in [-0.15, -0.1) is 0 Å². The molecule has 24 heavy (non-hydrogen) atoms. The molecule has 2 rings (SSSR count). The van der Waals surface area contributed by atoms with Crippen molar-refractivity contribution in [1.29, 1.82) is 0 Å². The molecule has 0 saturated carbocycles. The molecule has 0 aromatic heterocycles. The normalized spacial score (nSPS) is 11.6. The number of amides is 1. The highest BCUT2D eigenvalue weighted by atomic mass is 16.5. The first kappa shape index (κ1) is 17.9. The number of benzene rings is 2. The van der Waals surface area contributed by atoms with Crippen LogP contribution in [-0.2, 0) is 11.2 Å². The van der Waals surface area contributed by atoms with Crippen LogP contribution in [0, 0.1) is 0 Å². The van der Waals surface area contributed by atoms with Crippen molar-refractivity contribution in [1.82, 2.24) is 5.32 Å². The Labute approximate surface area is 144 Å². The molecule has 1 atom stereocenters. The quantitative estimate of drug-likeness (QED) is 0.740. The summed E-state index contributed by atoms with van der Waals surface area (Å²) in [5.74, 6) is 0.841. The summed E-state index contributed by atoms with van der Waals surface area (Å²) in [6.07, 6.45) is 1.82. The van der Waals surface area contributed by atoms with E-state index in [-0.39, 0.29) is 18.5 Å². The van der Waals surface area contributed by atoms with Crippen molar-refractivity contribution in [2.45, 2.75) is 32.7 Å². The predicted molar refractivity (Wildman–Crippen MR) is 98.5 cm³/mol. The van der Waals surface area contributed by atoms with E-state index in [1.165, 1.54) is 5.56 Å². The van der Waals surface area contributed by atoms with Gasteiger partial charge in [-0.05, 0) is 43.2 Å². The average Bonchev–Trinajstić information content (AvgIpc) is 2.62. The van der Waals surface area contributed by atoms with Crippen molar-refractivity contribution in [3.05, 3.63) is 60.2 Å². The minimum atomic E-state index is 0.00698. The fraction of sp³-hybridized carbons (Fsp3) is 0.350. The van der Waals surface area contributed by atoms with Gasteiger partial charge in [0.25, 0.3) is 0 Å². The molecule has 4 heteroatoms. The van der Waals surface area contributed by atoms with Crippen molar-refractivity contribution in [3.8, 4) is 5.75 Å². The highest BCUT2D eigenvalue weighted by Crippen LogP contribution is 2.15. The van der Waals surface area contributed by atoms with Gasteiger partial charge in [-0.3, -0.25) is 4.79 Å². The molecule has 0 radical (unpaired) electrons. The molecule has 2 N–H and O–H groups in total. The molecule has 0 aliphatic rings. The lowest BCUT2D eigenvalue weighted by atomic mass is 10.2. The summed E-state index contributed by atoms with van der Waals surface area (Å²) in [4.78, 5) is 11.7. The molecule has 0 aliphatic heterocycles. The molecule has 128 valence electrons. The summed E-state index contributed by atoms with van der Waals surface area (Å²) < 4.78 is 5.75. The Hall–Kier alpha value is -2.49. The van der Waals surface area contributed by atoms with Crippen LogP contribution < -0.4 is 15.4 Å². The third kappa shape index (κ3) is 6.32. The number of hydrogen-bond donors (Lipinski definition) is 2. The molecule has 0 bridgehead atoms. The Balaban J connectivity index is 1.71. The number of carbonyl (C=O) groups excluding carboxylic acids is 1. The largest absolute Gasteiger partial charge is 0.493 e. The molecule has 0 heterocycles. The van der Waals surface area contributed by atoms with E-state index in [1.807, 2.05) is 49.4 Å². The second-order valence-electron chi connectivity index (χ2n) is 5.84. The fourth-order valence-corrected chi connectivity index (χ4v) is 2.21. The summed E-state index contributed by atoms with van der Waals surface area (Å²) in [5.41, 5.74) is 2.17. The third-order valence-corrected chi connectivity index (χ3v) is 3.83. The minimum Gasteiger partial charge on any atom is -0.493 e. The number of hydrogen-bond acceptors (Lipinski definition) is 3. The van der Waals surface area contributed by atoms with E-state index < -0.39 is 0 Å². The van der Waals surface area contributed by atoms with E-state index in [9.17, 15) is 4.79 Å². The molecule has 0 aliphatic carbocycles. The Kier molecular flexibility index (Phi) is 7.15. The molecule has 4 nitrogen and oxygen atoms in total. The number of rotatable bonds is 9. The van der Waals surface area contributed by atoms with Crippen molar-refractivity contribution >= 4 is 11.6 Å². The molecule has 0 fully saturated rings. The van der Waals surface area contributed by atoms with Gasteiger partial charge in [-0.1, -0.05) is 37.3 Å². The van der Waals surface area contributed by atoms with Crippen LogP contribution in [0.2, 0.25) is 0 Å². The maximum absolute atomic E-state index is 11.7. The predicted octanol–water partition coefficient (Wildman–Crippen LogP) is 3.63. The lowest BCUT2D eigenvalue weighted by Crippen LogP contribution is -2.36. The fourth-order valence-electron chi connectivity index (χ4n) is 2.21. The van der Waals surface area contributed by atoms with Crippen molar-refractivity contribution in [2.75, 3.05) is 18.5 Å². The van der Waals surface area contributed by atoms with Crippen LogP contribution in [-0.4, -0.2) is 25.1 Å². The lowest BCUT2D eigenvalue weighted by Gasteiger charge is -2.12. The van der Waals surface area contributed by atoms with Gasteiger partial charge in [0.05, 0.1) is 13.2 Å². The van der Waals surface area contributed by atoms with E-state index in [2.05, 4.69) is 29.7 Å². The maximum atomic E-state index is 11.7. The monoisotopic (exact) mass is 326 g/mol. The average molecular weight is 326 g/mol. The van der Waals surface area contributed by atoms with Crippen LogP contribution in [0.1, 0.15) is 25.8 Å². The first-order chi connectivity index (χ1) is 11.7. The van der Waals surface area contributed by atoms with Crippen molar-refractivity contribution in [3.63, 3.8) is 0 Å². The zero-order valence-electron chi connectivity index (χ0n) is 14.4. The van der Waals surface area contributed by atoms with Crippen LogP contribution in [0.4, 0.5) is 5.69 Å². The summed E-state index contributed by atoms with van der Waals surface area (Å²) in [7, 11) is 0. The van der Waals surface area contributed by atoms with Crippen LogP contribution in [0.25, 0.3) is 0 Å². The van der Waals surface area contributed by atoms with Crippen molar-refractivity contribution in [2.24, 2.45) is 0 Å². The molecule has 2 aromatic carbocycles. The smallest absolute Gasteiger partial charge is 0.239 e. The second-order valence-corrected chi connectivity index (χ2v) is 5.84. The van der Waals surface area contributed by atoms with E-state index in [0.29, 0.717) is 6.61 Å². The molecular formula is C20H26N2O2. The molecular weight excluding hydrogens is 300 g/mol. The first-order valence-electron chi connectivity index (χ1n) is 8.47. The van der Waals surface area contributed by atoms with E-state index in [4.69, 9.17) is 4.74 Å². The Bertz CT molecular complexity index is 611. The minimum absolute atomic E-state index is 0.00698. The molecule has 1 unspecified atom stereocenters. The Morgan fingerprint density at radius 3 is 2.46 bits per heavy atom. The lowest BCUT2D eigenvalue weighted by molar-refractivity contribution is -0.120. The Morgan fingerprint density at radius 1 is 1.08 bits per heavy atom. The number of ether oxygens (including phenoxy) is 1. The van der Waals surface area contributed by atoms with E-state index in [1.54, 1.807) is 0 Å². The van der Waals surface area contributed by atoms with Gasteiger partial charge >= 0.3 is 0 Å². The molecule has 2 aromatic rings. The third-order valence-electron chi connectivity index (χ3n) is 3.83. The van der Waals surface area contributed by atoms with Gasteiger partial charge in [-0.25, -0.2) is 0 Å². The van der Waals surface area contributed by atoms with E-state index >= 15 is 0 Å². The van der Waals surface area contributed by atoms with Gasteiger partial charge in [-0.2, -0.15) is 0 Å². The second kappa shape index (κ2) is 9.60. The highest BCUT2D eigenvalue weighted by molar-refractivity contribution is 5.80. The summed E-state index contributed by atoms with van der Waals surface area (Å²) >= 11 is 0. The van der Waals surface area contributed by atoms with E-state index in [0.717, 1.165) is 24.3 Å². The Morgan fingerprint density at radius 2 is 1.79 bits per heavy atom. The van der Waals surface area contributed by atoms with Crippen molar-refractivity contribution < 1.29 is 9.53 Å². The SMILES string of the molecule is CCC(C)NC(=O)CNc1ccc(OCCc2ccccc2)cc1. The number of carbonyl (C=O) groups is 1. The molecule has 0 spiro atoms. The molecule has 1 amide bonds. The van der Waals surface area contributed by atoms with Crippen LogP contribution in [0.15, 0.2) is 54.6 Å². The van der Waals surface area contributed by atoms with Gasteiger partial charge in [0.15, 0.2) is 0 Å². The standard InChI is InChI=1S/C20H26N2O2/c1-3-16(2)22-20(23)15-21-18-9-11-19(12-10-18)24-14-13-17-7-5-4-6-8-17/h4-12,16,21H,3,13-15H2,1-2H3,(H,22,23). The number of nitrogens with one attached hydrogen (secondary N) is 2. The maximum Gasteiger partial charge on any atom is 0.239 e. The topological polar surface area (TPSA) is 50.4 Å². The van der Waals surface area contributed by atoms with Gasteiger partial charge in [0.1, 0.15) is 5.75 Å². The van der Waals surface area contributed by atoms with Gasteiger partial charge < -0.3 is 15.4 Å². The zero-order valence-corrected chi connectivity index (χ0v) is 14.4. The van der Waals surface area contributed by atoms with Crippen LogP contribution in [0.3, 0.4) is 0 Å². The number of anilines is 1. The first-order valence-corrected chi connectivity index (χ1v) is 8.47. The summed E-state index contributed by atoms with van der Waals surface area (Å²) in [5, 5.41) is 6.04. The zero-order chi connectivity index (χ0) is 17.2. The molecule has 0 saturated heterocycles.